The summed E-state index contributed by atoms with van der Waals surface area (Å²) in [5.74, 6) is -1.50. The Kier molecular flexibility index (Phi) is 5.44. The number of carbonyl (C=O) groups is 1. The third kappa shape index (κ3) is 4.14. The van der Waals surface area contributed by atoms with E-state index in [1.54, 1.807) is 20.8 Å². The fraction of sp³-hybridized carbons (Fsp3) is 0.556. The van der Waals surface area contributed by atoms with E-state index in [-0.39, 0.29) is 30.5 Å². The number of fused-ring (bicyclic) bond motifs is 1. The van der Waals surface area contributed by atoms with Crippen LogP contribution in [0.4, 0.5) is 19.3 Å². The van der Waals surface area contributed by atoms with E-state index >= 15 is 0 Å². The number of non-ortho nitro benzene ring substituents is 1. The van der Waals surface area contributed by atoms with Crippen molar-refractivity contribution in [1.29, 1.82) is 0 Å². The monoisotopic (exact) mass is 413 g/mol. The van der Waals surface area contributed by atoms with Gasteiger partial charge < -0.3 is 14.2 Å². The summed E-state index contributed by atoms with van der Waals surface area (Å²) in [6.45, 7) is 3.78. The number of alkyl carbamates (subject to hydrolysis) is 1. The number of aliphatic imine (C=N–C) groups is 1. The maximum atomic E-state index is 14.7. The number of nitro groups is 1. The van der Waals surface area contributed by atoms with Crippen LogP contribution in [-0.2, 0) is 19.7 Å². The number of rotatable bonds is 3. The Bertz CT molecular complexity index is 856. The van der Waals surface area contributed by atoms with Gasteiger partial charge in [-0.1, -0.05) is 0 Å². The molecular formula is C18H21F2N3O6. The number of hydrogen-bond donors (Lipinski definition) is 1. The van der Waals surface area contributed by atoms with Crippen LogP contribution < -0.4 is 5.32 Å². The number of hydrogen-bond acceptors (Lipinski definition) is 7. The van der Waals surface area contributed by atoms with Gasteiger partial charge in [0.1, 0.15) is 23.6 Å². The van der Waals surface area contributed by atoms with Crippen LogP contribution in [0.2, 0.25) is 0 Å². The van der Waals surface area contributed by atoms with Gasteiger partial charge in [0.2, 0.25) is 0 Å². The van der Waals surface area contributed by atoms with Gasteiger partial charge in [0, 0.05) is 17.7 Å². The minimum absolute atomic E-state index is 0.126. The molecule has 1 saturated heterocycles. The van der Waals surface area contributed by atoms with Crippen LogP contribution in [0.5, 0.6) is 0 Å². The van der Waals surface area contributed by atoms with Gasteiger partial charge in [-0.3, -0.25) is 10.1 Å². The summed E-state index contributed by atoms with van der Waals surface area (Å²) >= 11 is 0. The highest BCUT2D eigenvalue weighted by molar-refractivity contribution is 5.91. The first-order valence-electron chi connectivity index (χ1n) is 8.90. The van der Waals surface area contributed by atoms with E-state index in [0.29, 0.717) is 0 Å². The second-order valence-electron chi connectivity index (χ2n) is 7.81. The van der Waals surface area contributed by atoms with Crippen molar-refractivity contribution in [1.82, 2.24) is 5.32 Å². The molecule has 0 spiro atoms. The number of halogens is 2. The maximum Gasteiger partial charge on any atom is 0.415 e. The van der Waals surface area contributed by atoms with E-state index in [9.17, 15) is 23.7 Å². The number of nitrogens with zero attached hydrogens (tertiary/aromatic N) is 2. The number of ether oxygens (including phenoxy) is 3. The smallest absolute Gasteiger partial charge is 0.415 e. The first-order chi connectivity index (χ1) is 13.6. The molecule has 0 radical (unpaired) electrons. The van der Waals surface area contributed by atoms with E-state index < -0.39 is 46.7 Å². The molecule has 29 heavy (non-hydrogen) atoms. The zero-order valence-electron chi connectivity index (χ0n) is 16.1. The second kappa shape index (κ2) is 7.54. The van der Waals surface area contributed by atoms with Gasteiger partial charge >= 0.3 is 6.09 Å². The van der Waals surface area contributed by atoms with Gasteiger partial charge in [0.25, 0.3) is 11.7 Å². The van der Waals surface area contributed by atoms with Crippen LogP contribution >= 0.6 is 0 Å². The predicted octanol–water partition coefficient (Wildman–Crippen LogP) is 2.82. The molecule has 1 amide bonds. The molecule has 2 aliphatic heterocycles. The molecule has 2 heterocycles. The molecule has 0 aromatic heterocycles. The van der Waals surface area contributed by atoms with Crippen molar-refractivity contribution in [2.24, 2.45) is 10.9 Å². The average Bonchev–Trinajstić information content (AvgIpc) is 2.98. The first kappa shape index (κ1) is 20.9. The van der Waals surface area contributed by atoms with Gasteiger partial charge in [0.05, 0.1) is 30.2 Å². The highest BCUT2D eigenvalue weighted by Crippen LogP contribution is 2.46. The lowest BCUT2D eigenvalue weighted by molar-refractivity contribution is -0.385. The average molecular weight is 413 g/mol. The molecule has 0 aliphatic carbocycles. The number of nitro benzene ring substituents is 1. The third-order valence-electron chi connectivity index (χ3n) is 4.67. The minimum Gasteiger partial charge on any atom is -0.464 e. The summed E-state index contributed by atoms with van der Waals surface area (Å²) in [6.07, 6.45) is -1.77. The highest BCUT2D eigenvalue weighted by Gasteiger charge is 2.55. The Labute approximate surface area is 165 Å². The van der Waals surface area contributed by atoms with Crippen LogP contribution in [0, 0.1) is 21.8 Å². The van der Waals surface area contributed by atoms with E-state index in [2.05, 4.69) is 10.3 Å². The van der Waals surface area contributed by atoms with Crippen molar-refractivity contribution in [3.05, 3.63) is 39.7 Å². The van der Waals surface area contributed by atoms with Crippen LogP contribution in [0.25, 0.3) is 0 Å². The van der Waals surface area contributed by atoms with Crippen molar-refractivity contribution in [3.63, 3.8) is 0 Å². The Morgan fingerprint density at radius 1 is 1.48 bits per heavy atom. The van der Waals surface area contributed by atoms with E-state index in [0.717, 1.165) is 18.2 Å². The fourth-order valence-corrected chi connectivity index (χ4v) is 3.41. The molecule has 3 atom stereocenters. The van der Waals surface area contributed by atoms with Crippen LogP contribution in [-0.4, -0.2) is 48.6 Å². The number of nitrogens with one attached hydrogen (secondary N) is 1. The summed E-state index contributed by atoms with van der Waals surface area (Å²) in [4.78, 5) is 26.8. The van der Waals surface area contributed by atoms with Crippen molar-refractivity contribution >= 4 is 17.8 Å². The summed E-state index contributed by atoms with van der Waals surface area (Å²) < 4.78 is 44.1. The Balaban J connectivity index is 2.02. The number of alkyl halides is 1. The normalized spacial score (nSPS) is 26.2. The molecule has 1 aromatic carbocycles. The van der Waals surface area contributed by atoms with Gasteiger partial charge in [-0.15, -0.1) is 0 Å². The fourth-order valence-electron chi connectivity index (χ4n) is 3.41. The molecule has 0 bridgehead atoms. The van der Waals surface area contributed by atoms with Crippen LogP contribution in [0.1, 0.15) is 26.3 Å². The van der Waals surface area contributed by atoms with Crippen LogP contribution in [0.3, 0.4) is 0 Å². The lowest BCUT2D eigenvalue weighted by atomic mass is 9.78. The zero-order valence-corrected chi connectivity index (χ0v) is 16.1. The maximum absolute atomic E-state index is 14.7. The molecular weight excluding hydrogens is 392 g/mol. The van der Waals surface area contributed by atoms with E-state index in [1.807, 2.05) is 0 Å². The molecule has 1 aromatic rings. The predicted molar refractivity (Wildman–Crippen MR) is 96.7 cm³/mol. The van der Waals surface area contributed by atoms with Crippen molar-refractivity contribution in [3.8, 4) is 0 Å². The molecule has 158 valence electrons. The van der Waals surface area contributed by atoms with Gasteiger partial charge in [-0.2, -0.15) is 0 Å². The minimum atomic E-state index is -1.49. The Hall–Kier alpha value is -2.82. The van der Waals surface area contributed by atoms with Crippen molar-refractivity contribution in [2.75, 3.05) is 19.9 Å². The lowest BCUT2D eigenvalue weighted by Crippen LogP contribution is -2.48. The molecule has 9 nitrogen and oxygen atoms in total. The quantitative estimate of drug-likeness (QED) is 0.602. The number of amides is 1. The largest absolute Gasteiger partial charge is 0.464 e. The van der Waals surface area contributed by atoms with E-state index in [1.165, 1.54) is 0 Å². The van der Waals surface area contributed by atoms with E-state index in [4.69, 9.17) is 14.2 Å². The Morgan fingerprint density at radius 2 is 2.21 bits per heavy atom. The Morgan fingerprint density at radius 3 is 2.83 bits per heavy atom. The summed E-state index contributed by atoms with van der Waals surface area (Å²) in [6, 6.07) is 2.76. The molecule has 3 rings (SSSR count). The highest BCUT2D eigenvalue weighted by atomic mass is 19.1. The topological polar surface area (TPSA) is 112 Å². The van der Waals surface area contributed by atoms with Gasteiger partial charge in [-0.05, 0) is 26.8 Å². The van der Waals surface area contributed by atoms with Crippen LogP contribution in [0.15, 0.2) is 23.2 Å². The number of amidine groups is 1. The lowest BCUT2D eigenvalue weighted by Gasteiger charge is -2.36. The second-order valence-corrected chi connectivity index (χ2v) is 7.81. The molecule has 2 aliphatic rings. The molecule has 0 unspecified atom stereocenters. The molecule has 0 saturated carbocycles. The van der Waals surface area contributed by atoms with Gasteiger partial charge in [0.15, 0.2) is 0 Å². The first-order valence-corrected chi connectivity index (χ1v) is 8.90. The van der Waals surface area contributed by atoms with Crippen molar-refractivity contribution in [2.45, 2.75) is 38.0 Å². The summed E-state index contributed by atoms with van der Waals surface area (Å²) in [7, 11) is 0. The van der Waals surface area contributed by atoms with Crippen molar-refractivity contribution < 1.29 is 32.7 Å². The summed E-state index contributed by atoms with van der Waals surface area (Å²) in [5.41, 5.74) is -2.74. The third-order valence-corrected chi connectivity index (χ3v) is 4.67. The molecule has 1 fully saturated rings. The standard InChI is InChI=1S/C18H21F2N3O6/c1-17(2,3)29-16(24)21-15-22-18(9-28-14(7-19)12(18)8-27-15)11-6-10(23(25)26)4-5-13(11)20/h4-6,12,14H,7-9H2,1-3H3,(H,21,22,24)/t12-,14-,18-/m1/s1. The number of benzene rings is 1. The zero-order chi connectivity index (χ0) is 21.4. The molecule has 1 N–H and O–H groups in total. The molecule has 11 heteroatoms. The number of carbonyl (C=O) groups excluding carboxylic acids is 1. The summed E-state index contributed by atoms with van der Waals surface area (Å²) in [5, 5.41) is 13.5. The SMILES string of the molecule is CC(C)(C)OC(=O)NC1=N[C@@]2(c3cc([N+](=O)[O-])ccc3F)CO[C@H](CF)[C@H]2CO1. The van der Waals surface area contributed by atoms with Gasteiger partial charge in [-0.25, -0.2) is 23.9 Å².